The van der Waals surface area contributed by atoms with Crippen molar-refractivity contribution in [1.29, 1.82) is 0 Å². The molecule has 3 aromatic rings. The molecule has 12 heteroatoms. The average molecular weight is 525 g/mol. The molecule has 38 heavy (non-hydrogen) atoms. The van der Waals surface area contributed by atoms with E-state index in [4.69, 9.17) is 14.0 Å². The molecule has 2 saturated heterocycles. The van der Waals surface area contributed by atoms with Crippen LogP contribution in [0.3, 0.4) is 0 Å². The van der Waals surface area contributed by atoms with Crippen LogP contribution in [0.2, 0.25) is 0 Å². The zero-order chi connectivity index (χ0) is 26.6. The van der Waals surface area contributed by atoms with E-state index in [0.29, 0.717) is 6.04 Å². The quantitative estimate of drug-likeness (QED) is 0.306. The molecule has 0 spiro atoms. The van der Waals surface area contributed by atoms with Gasteiger partial charge in [-0.1, -0.05) is 5.16 Å². The molecule has 0 radical (unpaired) electrons. The molecule has 12 nitrogen and oxygen atoms in total. The highest BCUT2D eigenvalue weighted by atomic mass is 16.6. The van der Waals surface area contributed by atoms with Crippen LogP contribution < -0.4 is 10.1 Å². The molecule has 2 aromatic carbocycles. The number of rotatable bonds is 7. The first-order valence-corrected chi connectivity index (χ1v) is 12.5. The molecule has 3 heterocycles. The van der Waals surface area contributed by atoms with Crippen LogP contribution in [0.1, 0.15) is 36.2 Å². The minimum absolute atomic E-state index is 0.00949. The number of hydrogen-bond donors (Lipinski definition) is 3. The molecule has 5 rings (SSSR count). The summed E-state index contributed by atoms with van der Waals surface area (Å²) in [5.74, 6) is -0.795. The highest BCUT2D eigenvalue weighted by molar-refractivity contribution is 5.93. The monoisotopic (exact) mass is 524 g/mol. The number of nitro groups is 1. The molecule has 2 aliphatic rings. The Morgan fingerprint density at radius 2 is 1.79 bits per heavy atom. The third kappa shape index (κ3) is 5.71. The Kier molecular flexibility index (Phi) is 7.43. The SMILES string of the molecule is O=C(NC1CCN(C2CCOCC2)CC1)c1cc(-c2c(O)cc(O)cc2Oc2ccc([N+](=O)[O-])cc2)no1. The Morgan fingerprint density at radius 1 is 1.08 bits per heavy atom. The third-order valence-corrected chi connectivity index (χ3v) is 6.90. The fourth-order valence-corrected chi connectivity index (χ4v) is 4.90. The highest BCUT2D eigenvalue weighted by Gasteiger charge is 2.28. The van der Waals surface area contributed by atoms with Gasteiger partial charge in [0.15, 0.2) is 0 Å². The summed E-state index contributed by atoms with van der Waals surface area (Å²) in [6.45, 7) is 3.41. The Balaban J connectivity index is 1.27. The maximum absolute atomic E-state index is 12.9. The van der Waals surface area contributed by atoms with Crippen LogP contribution in [0.4, 0.5) is 5.69 Å². The smallest absolute Gasteiger partial charge is 0.290 e. The van der Waals surface area contributed by atoms with E-state index in [9.17, 15) is 25.1 Å². The van der Waals surface area contributed by atoms with Gasteiger partial charge in [0.05, 0.1) is 10.5 Å². The highest BCUT2D eigenvalue weighted by Crippen LogP contribution is 2.42. The van der Waals surface area contributed by atoms with E-state index in [1.807, 2.05) is 0 Å². The summed E-state index contributed by atoms with van der Waals surface area (Å²) in [5, 5.41) is 38.4. The van der Waals surface area contributed by atoms with Crippen LogP contribution >= 0.6 is 0 Å². The lowest BCUT2D eigenvalue weighted by atomic mass is 9.99. The second-order valence-corrected chi connectivity index (χ2v) is 9.39. The van der Waals surface area contributed by atoms with Crippen LogP contribution in [-0.4, -0.2) is 69.5 Å². The first-order chi connectivity index (χ1) is 18.4. The van der Waals surface area contributed by atoms with E-state index in [2.05, 4.69) is 15.4 Å². The molecule has 0 aliphatic carbocycles. The molecule has 2 fully saturated rings. The third-order valence-electron chi connectivity index (χ3n) is 6.90. The Hall–Kier alpha value is -4.16. The number of nitrogens with one attached hydrogen (secondary N) is 1. The number of likely N-dealkylation sites (tertiary alicyclic amines) is 1. The van der Waals surface area contributed by atoms with Crippen LogP contribution in [-0.2, 0) is 4.74 Å². The molecule has 1 aromatic heterocycles. The molecule has 0 saturated carbocycles. The predicted molar refractivity (Wildman–Crippen MR) is 134 cm³/mol. The molecule has 0 unspecified atom stereocenters. The van der Waals surface area contributed by atoms with Gasteiger partial charge in [-0.3, -0.25) is 14.9 Å². The largest absolute Gasteiger partial charge is 0.508 e. The number of non-ortho nitro benzene ring substituents is 1. The zero-order valence-corrected chi connectivity index (χ0v) is 20.5. The fraction of sp³-hybridized carbons (Fsp3) is 0.385. The standard InChI is InChI=1S/C26H28N4O8/c31-19-13-22(32)25(23(14-19)37-20-3-1-18(2-4-20)30(34)35)21-15-24(38-28-21)26(33)27-16-5-9-29(10-6-16)17-7-11-36-12-8-17/h1-4,13-17,31-32H,5-12H2,(H,27,33). The molecule has 0 atom stereocenters. The first-order valence-electron chi connectivity index (χ1n) is 12.5. The van der Waals surface area contributed by atoms with Gasteiger partial charge in [-0.25, -0.2) is 0 Å². The van der Waals surface area contributed by atoms with Crippen LogP contribution in [0.15, 0.2) is 47.0 Å². The minimum Gasteiger partial charge on any atom is -0.508 e. The summed E-state index contributed by atoms with van der Waals surface area (Å²) in [7, 11) is 0. The van der Waals surface area contributed by atoms with Crippen LogP contribution in [0, 0.1) is 10.1 Å². The van der Waals surface area contributed by atoms with E-state index in [1.165, 1.54) is 36.4 Å². The summed E-state index contributed by atoms with van der Waals surface area (Å²) in [5.41, 5.74) is 0.102. The number of benzene rings is 2. The summed E-state index contributed by atoms with van der Waals surface area (Å²) < 4.78 is 16.5. The molecule has 1 amide bonds. The first kappa shape index (κ1) is 25.5. The minimum atomic E-state index is -0.535. The van der Waals surface area contributed by atoms with Crippen molar-refractivity contribution >= 4 is 11.6 Å². The Morgan fingerprint density at radius 3 is 2.47 bits per heavy atom. The Bertz CT molecular complexity index is 1300. The summed E-state index contributed by atoms with van der Waals surface area (Å²) in [6, 6.07) is 9.62. The number of carbonyl (C=O) groups is 1. The van der Waals surface area contributed by atoms with Crippen molar-refractivity contribution in [3.8, 4) is 34.3 Å². The maximum Gasteiger partial charge on any atom is 0.290 e. The number of carbonyl (C=O) groups excluding carboxylic acids is 1. The van der Waals surface area contributed by atoms with Gasteiger partial charge in [-0.15, -0.1) is 0 Å². The average Bonchev–Trinajstić information content (AvgIpc) is 3.39. The van der Waals surface area contributed by atoms with Gasteiger partial charge in [0, 0.05) is 68.7 Å². The second kappa shape index (κ2) is 11.1. The van der Waals surface area contributed by atoms with E-state index in [1.54, 1.807) is 0 Å². The summed E-state index contributed by atoms with van der Waals surface area (Å²) >= 11 is 0. The number of phenols is 2. The van der Waals surface area contributed by atoms with Crippen molar-refractivity contribution in [3.05, 3.63) is 58.3 Å². The zero-order valence-electron chi connectivity index (χ0n) is 20.5. The van der Waals surface area contributed by atoms with Crippen molar-refractivity contribution in [2.75, 3.05) is 26.3 Å². The molecular weight excluding hydrogens is 496 g/mol. The number of piperidine rings is 1. The van der Waals surface area contributed by atoms with Crippen LogP contribution in [0.25, 0.3) is 11.3 Å². The number of aromatic hydroxyl groups is 2. The van der Waals surface area contributed by atoms with E-state index in [0.717, 1.165) is 58.1 Å². The van der Waals surface area contributed by atoms with Crippen molar-refractivity contribution in [3.63, 3.8) is 0 Å². The predicted octanol–water partition coefficient (Wildman–Crippen LogP) is 3.83. The van der Waals surface area contributed by atoms with Gasteiger partial charge in [-0.05, 0) is 37.8 Å². The van der Waals surface area contributed by atoms with Gasteiger partial charge in [0.1, 0.15) is 28.7 Å². The number of ether oxygens (including phenoxy) is 2. The van der Waals surface area contributed by atoms with Crippen molar-refractivity contribution in [2.45, 2.75) is 37.8 Å². The molecule has 0 bridgehead atoms. The van der Waals surface area contributed by atoms with E-state index in [-0.39, 0.29) is 51.7 Å². The fourth-order valence-electron chi connectivity index (χ4n) is 4.90. The van der Waals surface area contributed by atoms with Crippen molar-refractivity contribution < 1.29 is 33.9 Å². The number of nitro benzene ring substituents is 1. The number of aromatic nitrogens is 1. The molecular formula is C26H28N4O8. The second-order valence-electron chi connectivity index (χ2n) is 9.39. The number of amides is 1. The molecule has 3 N–H and O–H groups in total. The number of hydrogen-bond acceptors (Lipinski definition) is 10. The van der Waals surface area contributed by atoms with E-state index < -0.39 is 10.8 Å². The Labute approximate surface area is 217 Å². The van der Waals surface area contributed by atoms with Gasteiger partial charge in [0.25, 0.3) is 11.6 Å². The van der Waals surface area contributed by atoms with Gasteiger partial charge in [0.2, 0.25) is 5.76 Å². The molecule has 2 aliphatic heterocycles. The summed E-state index contributed by atoms with van der Waals surface area (Å²) in [6.07, 6.45) is 3.74. The number of phenolic OH excluding ortho intramolecular Hbond substituents is 2. The summed E-state index contributed by atoms with van der Waals surface area (Å²) in [4.78, 5) is 25.7. The topological polar surface area (TPSA) is 160 Å². The van der Waals surface area contributed by atoms with Gasteiger partial charge >= 0.3 is 0 Å². The molecule has 200 valence electrons. The van der Waals surface area contributed by atoms with Crippen LogP contribution in [0.5, 0.6) is 23.0 Å². The van der Waals surface area contributed by atoms with E-state index >= 15 is 0 Å². The van der Waals surface area contributed by atoms with Gasteiger partial charge < -0.3 is 34.4 Å². The van der Waals surface area contributed by atoms with Crippen molar-refractivity contribution in [2.24, 2.45) is 0 Å². The maximum atomic E-state index is 12.9. The number of nitrogens with zero attached hydrogens (tertiary/aromatic N) is 3. The van der Waals surface area contributed by atoms with Crippen molar-refractivity contribution in [1.82, 2.24) is 15.4 Å². The lowest BCUT2D eigenvalue weighted by molar-refractivity contribution is -0.384. The lowest BCUT2D eigenvalue weighted by Gasteiger charge is -2.39. The lowest BCUT2D eigenvalue weighted by Crippen LogP contribution is -2.49. The normalized spacial score (nSPS) is 17.3. The van der Waals surface area contributed by atoms with Gasteiger partial charge in [-0.2, -0.15) is 0 Å².